The second-order valence-corrected chi connectivity index (χ2v) is 6.17. The fourth-order valence-corrected chi connectivity index (χ4v) is 3.17. The SMILES string of the molecule is COc1cc(CCCN2Cc3ccc(Cl)cc3C2)ccc1O. The standard InChI is InChI=1S/C18H20ClNO2/c1-22-18-9-13(4-7-17(18)21)3-2-8-20-11-14-5-6-16(19)10-15(14)12-20/h4-7,9-10,21H,2-3,8,11-12H2,1H3. The van der Waals surface area contributed by atoms with Crippen LogP contribution < -0.4 is 4.74 Å². The number of aryl methyl sites for hydroxylation is 1. The number of nitrogens with zero attached hydrogens (tertiary/aromatic N) is 1. The Bertz CT molecular complexity index is 672. The number of aromatic hydroxyl groups is 1. The van der Waals surface area contributed by atoms with E-state index in [0.717, 1.165) is 37.5 Å². The summed E-state index contributed by atoms with van der Waals surface area (Å²) >= 11 is 6.05. The minimum Gasteiger partial charge on any atom is -0.504 e. The molecule has 0 amide bonds. The molecule has 0 bridgehead atoms. The fourth-order valence-electron chi connectivity index (χ4n) is 2.98. The van der Waals surface area contributed by atoms with Crippen molar-refractivity contribution < 1.29 is 9.84 Å². The molecule has 0 atom stereocenters. The average Bonchev–Trinajstić information content (AvgIpc) is 2.90. The zero-order valence-electron chi connectivity index (χ0n) is 12.7. The summed E-state index contributed by atoms with van der Waals surface area (Å²) < 4.78 is 5.15. The Kier molecular flexibility index (Phi) is 4.55. The number of halogens is 1. The van der Waals surface area contributed by atoms with Gasteiger partial charge in [0, 0.05) is 18.1 Å². The molecular weight excluding hydrogens is 298 g/mol. The van der Waals surface area contributed by atoms with E-state index >= 15 is 0 Å². The van der Waals surface area contributed by atoms with Crippen molar-refractivity contribution in [2.75, 3.05) is 13.7 Å². The molecule has 116 valence electrons. The van der Waals surface area contributed by atoms with E-state index in [9.17, 15) is 5.11 Å². The third kappa shape index (κ3) is 3.37. The lowest BCUT2D eigenvalue weighted by Gasteiger charge is -2.14. The van der Waals surface area contributed by atoms with Gasteiger partial charge in [0.15, 0.2) is 11.5 Å². The summed E-state index contributed by atoms with van der Waals surface area (Å²) in [6.07, 6.45) is 2.06. The number of methoxy groups -OCH3 is 1. The first-order valence-electron chi connectivity index (χ1n) is 7.51. The molecule has 2 aromatic carbocycles. The molecule has 0 spiro atoms. The molecule has 0 fully saturated rings. The number of ether oxygens (including phenoxy) is 1. The maximum atomic E-state index is 9.61. The van der Waals surface area contributed by atoms with Crippen molar-refractivity contribution in [3.8, 4) is 11.5 Å². The highest BCUT2D eigenvalue weighted by atomic mass is 35.5. The van der Waals surface area contributed by atoms with Crippen LogP contribution in [0.25, 0.3) is 0 Å². The fraction of sp³-hybridized carbons (Fsp3) is 0.333. The quantitative estimate of drug-likeness (QED) is 0.904. The van der Waals surface area contributed by atoms with Crippen molar-refractivity contribution >= 4 is 11.6 Å². The van der Waals surface area contributed by atoms with Crippen molar-refractivity contribution in [3.05, 3.63) is 58.1 Å². The molecule has 0 saturated carbocycles. The molecule has 4 heteroatoms. The van der Waals surface area contributed by atoms with Crippen LogP contribution in [0.3, 0.4) is 0 Å². The van der Waals surface area contributed by atoms with Gasteiger partial charge < -0.3 is 9.84 Å². The summed E-state index contributed by atoms with van der Waals surface area (Å²) in [5, 5.41) is 10.4. The first-order valence-corrected chi connectivity index (χ1v) is 7.89. The monoisotopic (exact) mass is 317 g/mol. The summed E-state index contributed by atoms with van der Waals surface area (Å²) in [5.41, 5.74) is 3.92. The molecule has 22 heavy (non-hydrogen) atoms. The zero-order valence-corrected chi connectivity index (χ0v) is 13.4. The van der Waals surface area contributed by atoms with Gasteiger partial charge in [-0.1, -0.05) is 23.7 Å². The van der Waals surface area contributed by atoms with Crippen LogP contribution in [0.15, 0.2) is 36.4 Å². The van der Waals surface area contributed by atoms with Gasteiger partial charge in [0.2, 0.25) is 0 Å². The number of hydrogen-bond donors (Lipinski definition) is 1. The van der Waals surface area contributed by atoms with E-state index in [0.29, 0.717) is 5.75 Å². The van der Waals surface area contributed by atoms with E-state index in [1.165, 1.54) is 16.7 Å². The molecule has 1 aliphatic rings. The number of benzene rings is 2. The minimum absolute atomic E-state index is 0.193. The van der Waals surface area contributed by atoms with E-state index in [-0.39, 0.29) is 5.75 Å². The molecule has 0 radical (unpaired) electrons. The molecule has 1 aliphatic heterocycles. The first-order chi connectivity index (χ1) is 10.7. The summed E-state index contributed by atoms with van der Waals surface area (Å²) in [4.78, 5) is 2.44. The predicted molar refractivity (Wildman–Crippen MR) is 88.5 cm³/mol. The Morgan fingerprint density at radius 2 is 1.95 bits per heavy atom. The van der Waals surface area contributed by atoms with Crippen LogP contribution in [0.2, 0.25) is 5.02 Å². The van der Waals surface area contributed by atoms with Crippen LogP contribution in [0, 0.1) is 0 Å². The zero-order chi connectivity index (χ0) is 15.5. The molecule has 2 aromatic rings. The Morgan fingerprint density at radius 3 is 2.77 bits per heavy atom. The Balaban J connectivity index is 1.52. The third-order valence-electron chi connectivity index (χ3n) is 4.14. The molecule has 3 rings (SSSR count). The van der Waals surface area contributed by atoms with Gasteiger partial charge in [0.05, 0.1) is 7.11 Å². The van der Waals surface area contributed by atoms with Gasteiger partial charge in [-0.25, -0.2) is 0 Å². The normalized spacial score (nSPS) is 14.1. The highest BCUT2D eigenvalue weighted by Crippen LogP contribution is 2.28. The predicted octanol–water partition coefficient (Wildman–Crippen LogP) is 4.00. The van der Waals surface area contributed by atoms with Crippen molar-refractivity contribution in [1.82, 2.24) is 4.90 Å². The van der Waals surface area contributed by atoms with E-state index < -0.39 is 0 Å². The van der Waals surface area contributed by atoms with Crippen LogP contribution in [0.5, 0.6) is 11.5 Å². The molecule has 0 aliphatic carbocycles. The topological polar surface area (TPSA) is 32.7 Å². The van der Waals surface area contributed by atoms with Gasteiger partial charge in [-0.2, -0.15) is 0 Å². The smallest absolute Gasteiger partial charge is 0.160 e. The summed E-state index contributed by atoms with van der Waals surface area (Å²) in [5.74, 6) is 0.735. The second kappa shape index (κ2) is 6.59. The maximum absolute atomic E-state index is 9.61. The number of phenolic OH excluding ortho intramolecular Hbond substituents is 1. The Labute approximate surface area is 136 Å². The molecule has 0 aromatic heterocycles. The summed E-state index contributed by atoms with van der Waals surface area (Å²) in [6.45, 7) is 3.04. The lowest BCUT2D eigenvalue weighted by molar-refractivity contribution is 0.280. The Morgan fingerprint density at radius 1 is 1.14 bits per heavy atom. The Hall–Kier alpha value is -1.71. The molecular formula is C18H20ClNO2. The minimum atomic E-state index is 0.193. The van der Waals surface area contributed by atoms with Crippen molar-refractivity contribution in [3.63, 3.8) is 0 Å². The summed E-state index contributed by atoms with van der Waals surface area (Å²) in [7, 11) is 1.57. The third-order valence-corrected chi connectivity index (χ3v) is 4.38. The van der Waals surface area contributed by atoms with E-state index in [1.54, 1.807) is 13.2 Å². The lowest BCUT2D eigenvalue weighted by Crippen LogP contribution is -2.18. The number of hydrogen-bond acceptors (Lipinski definition) is 3. The molecule has 3 nitrogen and oxygen atoms in total. The van der Waals surface area contributed by atoms with Crippen molar-refractivity contribution in [2.24, 2.45) is 0 Å². The van der Waals surface area contributed by atoms with Gasteiger partial charge in [-0.15, -0.1) is 0 Å². The van der Waals surface area contributed by atoms with Crippen LogP contribution in [0.4, 0.5) is 0 Å². The molecule has 0 unspecified atom stereocenters. The van der Waals surface area contributed by atoms with Crippen molar-refractivity contribution in [2.45, 2.75) is 25.9 Å². The van der Waals surface area contributed by atoms with Gasteiger partial charge in [0.1, 0.15) is 0 Å². The van der Waals surface area contributed by atoms with Gasteiger partial charge in [0.25, 0.3) is 0 Å². The van der Waals surface area contributed by atoms with Crippen LogP contribution in [0.1, 0.15) is 23.1 Å². The first kappa shape index (κ1) is 15.2. The molecule has 0 saturated heterocycles. The summed E-state index contributed by atoms with van der Waals surface area (Å²) in [6, 6.07) is 11.7. The largest absolute Gasteiger partial charge is 0.504 e. The van der Waals surface area contributed by atoms with Crippen LogP contribution in [-0.4, -0.2) is 23.7 Å². The highest BCUT2D eigenvalue weighted by Gasteiger charge is 2.18. The average molecular weight is 318 g/mol. The second-order valence-electron chi connectivity index (χ2n) is 5.73. The van der Waals surface area contributed by atoms with E-state index in [2.05, 4.69) is 17.0 Å². The number of fused-ring (bicyclic) bond motifs is 1. The van der Waals surface area contributed by atoms with Crippen LogP contribution >= 0.6 is 11.6 Å². The highest BCUT2D eigenvalue weighted by molar-refractivity contribution is 6.30. The number of phenols is 1. The lowest BCUT2D eigenvalue weighted by atomic mass is 10.1. The van der Waals surface area contributed by atoms with Gasteiger partial charge >= 0.3 is 0 Å². The van der Waals surface area contributed by atoms with E-state index in [1.807, 2.05) is 18.2 Å². The van der Waals surface area contributed by atoms with Gasteiger partial charge in [-0.3, -0.25) is 4.90 Å². The van der Waals surface area contributed by atoms with E-state index in [4.69, 9.17) is 16.3 Å². The maximum Gasteiger partial charge on any atom is 0.160 e. The number of rotatable bonds is 5. The molecule has 1 heterocycles. The van der Waals surface area contributed by atoms with Crippen LogP contribution in [-0.2, 0) is 19.5 Å². The van der Waals surface area contributed by atoms with Gasteiger partial charge in [-0.05, 0) is 60.3 Å². The van der Waals surface area contributed by atoms with Crippen molar-refractivity contribution in [1.29, 1.82) is 0 Å². The molecule has 1 N–H and O–H groups in total.